The van der Waals surface area contributed by atoms with E-state index < -0.39 is 0 Å². The molecule has 1 aliphatic heterocycles. The summed E-state index contributed by atoms with van der Waals surface area (Å²) in [5.74, 6) is -0.426. The third kappa shape index (κ3) is 4.34. The molecule has 9 heteroatoms. The Kier molecular flexibility index (Phi) is 5.78. The van der Waals surface area contributed by atoms with Crippen LogP contribution >= 0.6 is 11.6 Å². The predicted molar refractivity (Wildman–Crippen MR) is 112 cm³/mol. The third-order valence-corrected chi connectivity index (χ3v) is 4.96. The van der Waals surface area contributed by atoms with E-state index in [4.69, 9.17) is 16.3 Å². The molecule has 2 amide bonds. The van der Waals surface area contributed by atoms with E-state index in [1.165, 1.54) is 4.80 Å². The molecule has 0 bridgehead atoms. The van der Waals surface area contributed by atoms with Crippen LogP contribution in [0.1, 0.15) is 26.5 Å². The van der Waals surface area contributed by atoms with E-state index in [0.717, 1.165) is 0 Å². The average molecular weight is 426 g/mol. The van der Waals surface area contributed by atoms with Gasteiger partial charge in [-0.25, -0.2) is 0 Å². The Labute approximate surface area is 178 Å². The highest BCUT2D eigenvalue weighted by Gasteiger charge is 2.19. The van der Waals surface area contributed by atoms with Gasteiger partial charge in [-0.3, -0.25) is 9.59 Å². The maximum Gasteiger partial charge on any atom is 0.278 e. The number of benzene rings is 2. The summed E-state index contributed by atoms with van der Waals surface area (Å²) in [5.41, 5.74) is 2.50. The maximum absolute atomic E-state index is 12.7. The molecule has 1 aromatic heterocycles. The van der Waals surface area contributed by atoms with Crippen LogP contribution in [0.5, 0.6) is 0 Å². The van der Waals surface area contributed by atoms with Crippen molar-refractivity contribution < 1.29 is 14.3 Å². The molecule has 2 aromatic carbocycles. The van der Waals surface area contributed by atoms with Crippen LogP contribution in [0, 0.1) is 6.92 Å². The molecule has 0 saturated carbocycles. The molecule has 0 radical (unpaired) electrons. The number of hydrogen-bond acceptors (Lipinski definition) is 5. The van der Waals surface area contributed by atoms with E-state index >= 15 is 0 Å². The zero-order valence-corrected chi connectivity index (χ0v) is 17.1. The Morgan fingerprint density at radius 3 is 2.50 bits per heavy atom. The number of halogens is 1. The Bertz CT molecular complexity index is 1070. The fraction of sp³-hybridized carbons (Fsp3) is 0.238. The minimum atomic E-state index is -0.381. The van der Waals surface area contributed by atoms with Crippen molar-refractivity contribution in [2.45, 2.75) is 6.92 Å². The second-order valence-electron chi connectivity index (χ2n) is 6.84. The molecule has 0 spiro atoms. The summed E-state index contributed by atoms with van der Waals surface area (Å²) in [5, 5.41) is 11.9. The first-order chi connectivity index (χ1) is 14.5. The second-order valence-corrected chi connectivity index (χ2v) is 7.28. The van der Waals surface area contributed by atoms with E-state index in [2.05, 4.69) is 15.5 Å². The van der Waals surface area contributed by atoms with Gasteiger partial charge in [0.25, 0.3) is 11.8 Å². The monoisotopic (exact) mass is 425 g/mol. The van der Waals surface area contributed by atoms with Gasteiger partial charge in [0.1, 0.15) is 0 Å². The standard InChI is InChI=1S/C21H20ClN5O3/c1-14-19(25-27(24-14)18-4-2-3-16(22)13-18)20(28)23-17-7-5-15(6-8-17)21(29)26-9-11-30-12-10-26/h2-8,13H,9-12H2,1H3,(H,23,28). The number of nitrogens with one attached hydrogen (secondary N) is 1. The topological polar surface area (TPSA) is 89.3 Å². The molecule has 1 aliphatic rings. The van der Waals surface area contributed by atoms with Gasteiger partial charge < -0.3 is 15.0 Å². The molecule has 0 atom stereocenters. The van der Waals surface area contributed by atoms with Crippen molar-refractivity contribution in [1.82, 2.24) is 19.9 Å². The normalized spacial score (nSPS) is 13.9. The van der Waals surface area contributed by atoms with Crippen molar-refractivity contribution in [2.75, 3.05) is 31.6 Å². The van der Waals surface area contributed by atoms with Crippen molar-refractivity contribution in [3.8, 4) is 5.69 Å². The lowest BCUT2D eigenvalue weighted by molar-refractivity contribution is 0.0303. The largest absolute Gasteiger partial charge is 0.378 e. The van der Waals surface area contributed by atoms with Crippen molar-refractivity contribution in [3.63, 3.8) is 0 Å². The van der Waals surface area contributed by atoms with Crippen LogP contribution in [0.3, 0.4) is 0 Å². The molecule has 3 aromatic rings. The summed E-state index contributed by atoms with van der Waals surface area (Å²) in [6.45, 7) is 3.98. The van der Waals surface area contributed by atoms with Crippen molar-refractivity contribution in [2.24, 2.45) is 0 Å². The molecule has 0 unspecified atom stereocenters. The number of morpholine rings is 1. The van der Waals surface area contributed by atoms with E-state index in [1.54, 1.807) is 60.4 Å². The van der Waals surface area contributed by atoms with Gasteiger partial charge in [-0.1, -0.05) is 17.7 Å². The first-order valence-electron chi connectivity index (χ1n) is 9.49. The number of carbonyl (C=O) groups excluding carboxylic acids is 2. The van der Waals surface area contributed by atoms with Gasteiger partial charge in [0.05, 0.1) is 24.6 Å². The van der Waals surface area contributed by atoms with Gasteiger partial charge in [-0.15, -0.1) is 5.10 Å². The SMILES string of the molecule is Cc1nn(-c2cccc(Cl)c2)nc1C(=O)Nc1ccc(C(=O)N2CCOCC2)cc1. The van der Waals surface area contributed by atoms with Crippen LogP contribution in [-0.4, -0.2) is 58.0 Å². The number of hydrogen-bond donors (Lipinski definition) is 1. The molecule has 30 heavy (non-hydrogen) atoms. The lowest BCUT2D eigenvalue weighted by Gasteiger charge is -2.26. The minimum absolute atomic E-state index is 0.0449. The summed E-state index contributed by atoms with van der Waals surface area (Å²) in [7, 11) is 0. The number of carbonyl (C=O) groups is 2. The molecular formula is C21H20ClN5O3. The van der Waals surface area contributed by atoms with Crippen LogP contribution in [0.25, 0.3) is 5.69 Å². The molecule has 1 N–H and O–H groups in total. The Balaban J connectivity index is 1.46. The van der Waals surface area contributed by atoms with Crippen LogP contribution in [0.15, 0.2) is 48.5 Å². The number of aromatic nitrogens is 3. The Hall–Kier alpha value is -3.23. The molecule has 1 fully saturated rings. The highest BCUT2D eigenvalue weighted by molar-refractivity contribution is 6.30. The molecule has 1 saturated heterocycles. The molecule has 154 valence electrons. The van der Waals surface area contributed by atoms with Crippen molar-refractivity contribution >= 4 is 29.1 Å². The average Bonchev–Trinajstić information content (AvgIpc) is 3.16. The van der Waals surface area contributed by atoms with Gasteiger partial charge in [0.15, 0.2) is 5.69 Å². The number of ether oxygens (including phenoxy) is 1. The summed E-state index contributed by atoms with van der Waals surface area (Å²) in [4.78, 5) is 28.3. The Morgan fingerprint density at radius 1 is 1.07 bits per heavy atom. The molecule has 4 rings (SSSR count). The van der Waals surface area contributed by atoms with E-state index in [1.807, 2.05) is 0 Å². The minimum Gasteiger partial charge on any atom is -0.378 e. The lowest BCUT2D eigenvalue weighted by atomic mass is 10.1. The number of anilines is 1. The highest BCUT2D eigenvalue weighted by atomic mass is 35.5. The predicted octanol–water partition coefficient (Wildman–Crippen LogP) is 2.95. The van der Waals surface area contributed by atoms with Gasteiger partial charge in [0, 0.05) is 29.4 Å². The molecular weight excluding hydrogens is 406 g/mol. The fourth-order valence-corrected chi connectivity index (χ4v) is 3.32. The van der Waals surface area contributed by atoms with Gasteiger partial charge in [-0.2, -0.15) is 9.90 Å². The first-order valence-corrected chi connectivity index (χ1v) is 9.87. The van der Waals surface area contributed by atoms with Crippen LogP contribution in [-0.2, 0) is 4.74 Å². The lowest BCUT2D eigenvalue weighted by Crippen LogP contribution is -2.40. The van der Waals surface area contributed by atoms with Crippen LogP contribution < -0.4 is 5.32 Å². The first kappa shape index (κ1) is 20.1. The van der Waals surface area contributed by atoms with Crippen molar-refractivity contribution in [3.05, 3.63) is 70.5 Å². The second kappa shape index (κ2) is 8.64. The van der Waals surface area contributed by atoms with E-state index in [-0.39, 0.29) is 17.5 Å². The Morgan fingerprint density at radius 2 is 1.80 bits per heavy atom. The van der Waals surface area contributed by atoms with E-state index in [9.17, 15) is 9.59 Å². The summed E-state index contributed by atoms with van der Waals surface area (Å²) < 4.78 is 5.28. The van der Waals surface area contributed by atoms with Gasteiger partial charge in [-0.05, 0) is 49.4 Å². The van der Waals surface area contributed by atoms with E-state index in [0.29, 0.717) is 54.0 Å². The maximum atomic E-state index is 12.7. The zero-order valence-electron chi connectivity index (χ0n) is 16.3. The van der Waals surface area contributed by atoms with Gasteiger partial charge in [0.2, 0.25) is 0 Å². The zero-order chi connectivity index (χ0) is 21.1. The molecule has 0 aliphatic carbocycles. The van der Waals surface area contributed by atoms with Gasteiger partial charge >= 0.3 is 0 Å². The van der Waals surface area contributed by atoms with Crippen LogP contribution in [0.2, 0.25) is 5.02 Å². The smallest absolute Gasteiger partial charge is 0.278 e. The third-order valence-electron chi connectivity index (χ3n) is 4.72. The summed E-state index contributed by atoms with van der Waals surface area (Å²) in [6, 6.07) is 13.8. The number of amides is 2. The quantitative estimate of drug-likeness (QED) is 0.694. The fourth-order valence-electron chi connectivity index (χ4n) is 3.14. The molecule has 8 nitrogen and oxygen atoms in total. The number of aryl methyl sites for hydroxylation is 1. The van der Waals surface area contributed by atoms with Crippen LogP contribution in [0.4, 0.5) is 5.69 Å². The summed E-state index contributed by atoms with van der Waals surface area (Å²) in [6.07, 6.45) is 0. The number of nitrogens with zero attached hydrogens (tertiary/aromatic N) is 4. The van der Waals surface area contributed by atoms with Crippen molar-refractivity contribution in [1.29, 1.82) is 0 Å². The molecule has 2 heterocycles. The highest BCUT2D eigenvalue weighted by Crippen LogP contribution is 2.17. The number of rotatable bonds is 4. The summed E-state index contributed by atoms with van der Waals surface area (Å²) >= 11 is 6.01.